The van der Waals surface area contributed by atoms with E-state index in [1.807, 2.05) is 0 Å². The third-order valence-electron chi connectivity index (χ3n) is 2.57. The van der Waals surface area contributed by atoms with Crippen LogP contribution in [0.15, 0.2) is 0 Å². The lowest BCUT2D eigenvalue weighted by molar-refractivity contribution is -0.178. The SMILES string of the molecule is CC(=O)N1CCN(C(=O)COCC(F)(F)F)CC1. The van der Waals surface area contributed by atoms with Crippen molar-refractivity contribution in [1.82, 2.24) is 9.80 Å². The molecule has 8 heteroatoms. The minimum Gasteiger partial charge on any atom is -0.362 e. The molecule has 1 heterocycles. The predicted molar refractivity (Wildman–Crippen MR) is 55.7 cm³/mol. The Labute approximate surface area is 102 Å². The summed E-state index contributed by atoms with van der Waals surface area (Å²) in [4.78, 5) is 25.5. The summed E-state index contributed by atoms with van der Waals surface area (Å²) in [6.45, 7) is 0.887. The highest BCUT2D eigenvalue weighted by molar-refractivity contribution is 5.78. The molecule has 2 amide bonds. The number of halogens is 3. The van der Waals surface area contributed by atoms with Gasteiger partial charge in [0.05, 0.1) is 0 Å². The van der Waals surface area contributed by atoms with Crippen LogP contribution in [0.2, 0.25) is 0 Å². The van der Waals surface area contributed by atoms with Crippen LogP contribution in [0.5, 0.6) is 0 Å². The molecule has 0 bridgehead atoms. The minimum absolute atomic E-state index is 0.0737. The second-order valence-electron chi connectivity index (χ2n) is 3.99. The lowest BCUT2D eigenvalue weighted by Crippen LogP contribution is -2.51. The zero-order valence-electron chi connectivity index (χ0n) is 10.00. The van der Waals surface area contributed by atoms with Crippen molar-refractivity contribution in [3.63, 3.8) is 0 Å². The molecule has 1 saturated heterocycles. The van der Waals surface area contributed by atoms with Gasteiger partial charge >= 0.3 is 6.18 Å². The molecule has 104 valence electrons. The van der Waals surface area contributed by atoms with Gasteiger partial charge in [-0.15, -0.1) is 0 Å². The van der Waals surface area contributed by atoms with Crippen LogP contribution < -0.4 is 0 Å². The third kappa shape index (κ3) is 4.91. The van der Waals surface area contributed by atoms with Crippen LogP contribution in [0.4, 0.5) is 13.2 Å². The van der Waals surface area contributed by atoms with Gasteiger partial charge < -0.3 is 14.5 Å². The number of amides is 2. The molecule has 1 aliphatic rings. The zero-order chi connectivity index (χ0) is 13.8. The first-order chi connectivity index (χ1) is 8.29. The van der Waals surface area contributed by atoms with Gasteiger partial charge in [-0.05, 0) is 0 Å². The molecule has 5 nitrogen and oxygen atoms in total. The Bertz CT molecular complexity index is 312. The fraction of sp³-hybridized carbons (Fsp3) is 0.800. The van der Waals surface area contributed by atoms with Gasteiger partial charge in [0.15, 0.2) is 0 Å². The summed E-state index contributed by atoms with van der Waals surface area (Å²) in [6, 6.07) is 0. The topological polar surface area (TPSA) is 49.9 Å². The molecule has 1 aliphatic heterocycles. The minimum atomic E-state index is -4.42. The van der Waals surface area contributed by atoms with Gasteiger partial charge in [-0.25, -0.2) is 0 Å². The molecular formula is C10H15F3N2O3. The maximum atomic E-state index is 11.8. The smallest absolute Gasteiger partial charge is 0.362 e. The molecule has 1 fully saturated rings. The number of carbonyl (C=O) groups excluding carboxylic acids is 2. The van der Waals surface area contributed by atoms with Gasteiger partial charge in [-0.1, -0.05) is 0 Å². The van der Waals surface area contributed by atoms with E-state index in [1.165, 1.54) is 11.8 Å². The van der Waals surface area contributed by atoms with Crippen LogP contribution in [0.25, 0.3) is 0 Å². The average molecular weight is 268 g/mol. The average Bonchev–Trinajstić information content (AvgIpc) is 2.27. The van der Waals surface area contributed by atoms with Crippen LogP contribution in [-0.2, 0) is 14.3 Å². The van der Waals surface area contributed by atoms with E-state index >= 15 is 0 Å². The van der Waals surface area contributed by atoms with Gasteiger partial charge in [-0.2, -0.15) is 13.2 Å². The van der Waals surface area contributed by atoms with Crippen LogP contribution in [0.1, 0.15) is 6.92 Å². The van der Waals surface area contributed by atoms with Crippen molar-refractivity contribution in [3.05, 3.63) is 0 Å². The molecule has 0 aliphatic carbocycles. The van der Waals surface area contributed by atoms with Crippen molar-refractivity contribution in [1.29, 1.82) is 0 Å². The molecule has 0 atom stereocenters. The van der Waals surface area contributed by atoms with Gasteiger partial charge in [0.1, 0.15) is 13.2 Å². The first kappa shape index (κ1) is 14.7. The summed E-state index contributed by atoms with van der Waals surface area (Å²) in [5.74, 6) is -0.558. The normalized spacial score (nSPS) is 16.9. The van der Waals surface area contributed by atoms with E-state index in [-0.39, 0.29) is 5.91 Å². The number of carbonyl (C=O) groups is 2. The van der Waals surface area contributed by atoms with Crippen molar-refractivity contribution in [3.8, 4) is 0 Å². The molecule has 0 aromatic carbocycles. The van der Waals surface area contributed by atoms with Gasteiger partial charge in [0, 0.05) is 33.1 Å². The van der Waals surface area contributed by atoms with Gasteiger partial charge in [0.2, 0.25) is 11.8 Å². The second kappa shape index (κ2) is 6.03. The number of ether oxygens (including phenoxy) is 1. The van der Waals surface area contributed by atoms with Crippen LogP contribution in [0, 0.1) is 0 Å². The van der Waals surface area contributed by atoms with Crippen LogP contribution >= 0.6 is 0 Å². The number of nitrogens with zero attached hydrogens (tertiary/aromatic N) is 2. The Morgan fingerprint density at radius 2 is 1.61 bits per heavy atom. The van der Waals surface area contributed by atoms with Crippen molar-refractivity contribution < 1.29 is 27.5 Å². The monoisotopic (exact) mass is 268 g/mol. The Morgan fingerprint density at radius 1 is 1.11 bits per heavy atom. The zero-order valence-corrected chi connectivity index (χ0v) is 10.00. The van der Waals surface area contributed by atoms with Crippen LogP contribution in [-0.4, -0.2) is 67.2 Å². The largest absolute Gasteiger partial charge is 0.411 e. The fourth-order valence-electron chi connectivity index (χ4n) is 1.62. The molecule has 0 aromatic rings. The van der Waals surface area contributed by atoms with E-state index in [2.05, 4.69) is 4.74 Å². The van der Waals surface area contributed by atoms with Crippen molar-refractivity contribution in [2.45, 2.75) is 13.1 Å². The third-order valence-corrected chi connectivity index (χ3v) is 2.57. The molecule has 0 aromatic heterocycles. The highest BCUT2D eigenvalue weighted by Crippen LogP contribution is 2.14. The maximum absolute atomic E-state index is 11.8. The summed E-state index contributed by atoms with van der Waals surface area (Å²) < 4.78 is 39.7. The number of rotatable bonds is 3. The second-order valence-corrected chi connectivity index (χ2v) is 3.99. The Kier molecular flexibility index (Phi) is 4.94. The van der Waals surface area contributed by atoms with Crippen molar-refractivity contribution in [2.24, 2.45) is 0 Å². The Hall–Kier alpha value is -1.31. The standard InChI is InChI=1S/C10H15F3N2O3/c1-8(16)14-2-4-15(5-3-14)9(17)6-18-7-10(11,12)13/h2-7H2,1H3. The van der Waals surface area contributed by atoms with Gasteiger partial charge in [-0.3, -0.25) is 9.59 Å². The Balaban J connectivity index is 2.26. The van der Waals surface area contributed by atoms with E-state index in [0.717, 1.165) is 0 Å². The van der Waals surface area contributed by atoms with E-state index < -0.39 is 25.3 Å². The first-order valence-corrected chi connectivity index (χ1v) is 5.47. The molecule has 0 saturated carbocycles. The molecule has 0 N–H and O–H groups in total. The molecular weight excluding hydrogens is 253 g/mol. The highest BCUT2D eigenvalue weighted by atomic mass is 19.4. The molecule has 0 radical (unpaired) electrons. The first-order valence-electron chi connectivity index (χ1n) is 5.47. The van der Waals surface area contributed by atoms with Crippen molar-refractivity contribution >= 4 is 11.8 Å². The van der Waals surface area contributed by atoms with Crippen LogP contribution in [0.3, 0.4) is 0 Å². The van der Waals surface area contributed by atoms with E-state index in [9.17, 15) is 22.8 Å². The maximum Gasteiger partial charge on any atom is 0.411 e. The number of hydrogen-bond donors (Lipinski definition) is 0. The van der Waals surface area contributed by atoms with Crippen molar-refractivity contribution in [2.75, 3.05) is 39.4 Å². The molecule has 18 heavy (non-hydrogen) atoms. The highest BCUT2D eigenvalue weighted by Gasteiger charge is 2.29. The fourth-order valence-corrected chi connectivity index (χ4v) is 1.62. The summed E-state index contributed by atoms with van der Waals surface area (Å²) in [5.41, 5.74) is 0. The quantitative estimate of drug-likeness (QED) is 0.737. The summed E-state index contributed by atoms with van der Waals surface area (Å²) in [5, 5.41) is 0. The van der Waals surface area contributed by atoms with E-state index in [1.54, 1.807) is 4.90 Å². The van der Waals surface area contributed by atoms with E-state index in [0.29, 0.717) is 26.2 Å². The summed E-state index contributed by atoms with van der Waals surface area (Å²) in [7, 11) is 0. The predicted octanol–water partition coefficient (Wildman–Crippen LogP) is 0.256. The number of alkyl halides is 3. The number of piperazine rings is 1. The summed E-state index contributed by atoms with van der Waals surface area (Å²) in [6.07, 6.45) is -4.42. The Morgan fingerprint density at radius 3 is 2.06 bits per heavy atom. The van der Waals surface area contributed by atoms with E-state index in [4.69, 9.17) is 0 Å². The summed E-state index contributed by atoms with van der Waals surface area (Å²) >= 11 is 0. The lowest BCUT2D eigenvalue weighted by atomic mass is 10.3. The molecule has 1 rings (SSSR count). The molecule has 0 unspecified atom stereocenters. The number of hydrogen-bond acceptors (Lipinski definition) is 3. The van der Waals surface area contributed by atoms with Gasteiger partial charge in [0.25, 0.3) is 0 Å². The molecule has 0 spiro atoms. The lowest BCUT2D eigenvalue weighted by Gasteiger charge is -2.34.